The molecule has 1 rings (SSSR count). The van der Waals surface area contributed by atoms with Gasteiger partial charge in [-0.3, -0.25) is 4.79 Å². The number of hydrogen-bond acceptors (Lipinski definition) is 3. The van der Waals surface area contributed by atoms with Crippen LogP contribution in [0.2, 0.25) is 0 Å². The van der Waals surface area contributed by atoms with E-state index >= 15 is 0 Å². The summed E-state index contributed by atoms with van der Waals surface area (Å²) < 4.78 is 5.18. The second kappa shape index (κ2) is 7.79. The number of rotatable bonds is 7. The Kier molecular flexibility index (Phi) is 6.36. The van der Waals surface area contributed by atoms with Gasteiger partial charge in [0.05, 0.1) is 7.11 Å². The molecule has 0 radical (unpaired) electrons. The van der Waals surface area contributed by atoms with E-state index in [-0.39, 0.29) is 11.8 Å². The molecule has 0 aliphatic carbocycles. The van der Waals surface area contributed by atoms with Crippen molar-refractivity contribution in [3.05, 3.63) is 29.8 Å². The van der Waals surface area contributed by atoms with Crippen LogP contribution >= 0.6 is 0 Å². The van der Waals surface area contributed by atoms with Crippen LogP contribution in [0.4, 0.5) is 0 Å². The second-order valence-corrected chi connectivity index (χ2v) is 4.84. The molecular weight excluding hydrogens is 240 g/mol. The van der Waals surface area contributed by atoms with Gasteiger partial charge in [-0.1, -0.05) is 19.1 Å². The topological polar surface area (TPSA) is 55.6 Å². The molecule has 0 aromatic heterocycles. The molecule has 1 unspecified atom stereocenters. The van der Waals surface area contributed by atoms with Gasteiger partial charge >= 0.3 is 0 Å². The number of nitrogens with zero attached hydrogens (tertiary/aromatic N) is 1. The third kappa shape index (κ3) is 4.91. The zero-order valence-corrected chi connectivity index (χ0v) is 12.1. The van der Waals surface area contributed by atoms with E-state index in [1.807, 2.05) is 38.2 Å². The van der Waals surface area contributed by atoms with E-state index in [0.717, 1.165) is 18.6 Å². The van der Waals surface area contributed by atoms with Crippen LogP contribution in [0.3, 0.4) is 0 Å². The predicted octanol–water partition coefficient (Wildman–Crippen LogP) is 1.68. The molecular formula is C15H24N2O2. The Bertz CT molecular complexity index is 407. The van der Waals surface area contributed by atoms with Crippen molar-refractivity contribution in [1.82, 2.24) is 4.90 Å². The van der Waals surface area contributed by atoms with E-state index < -0.39 is 0 Å². The lowest BCUT2D eigenvalue weighted by Crippen LogP contribution is -2.34. The first-order valence-electron chi connectivity index (χ1n) is 6.66. The molecule has 106 valence electrons. The lowest BCUT2D eigenvalue weighted by atomic mass is 10.1. The first-order chi connectivity index (χ1) is 9.08. The van der Waals surface area contributed by atoms with Gasteiger partial charge in [0.15, 0.2) is 0 Å². The minimum atomic E-state index is 0.000287. The summed E-state index contributed by atoms with van der Waals surface area (Å²) in [6.45, 7) is 3.19. The lowest BCUT2D eigenvalue weighted by Gasteiger charge is -2.21. The third-order valence-electron chi connectivity index (χ3n) is 3.27. The molecule has 0 saturated heterocycles. The number of methoxy groups -OCH3 is 1. The van der Waals surface area contributed by atoms with E-state index in [9.17, 15) is 4.79 Å². The van der Waals surface area contributed by atoms with E-state index in [1.165, 1.54) is 5.56 Å². The van der Waals surface area contributed by atoms with Crippen molar-refractivity contribution in [3.63, 3.8) is 0 Å². The van der Waals surface area contributed by atoms with Crippen LogP contribution in [0, 0.1) is 5.92 Å². The molecule has 0 spiro atoms. The van der Waals surface area contributed by atoms with E-state index in [1.54, 1.807) is 12.0 Å². The van der Waals surface area contributed by atoms with Gasteiger partial charge in [-0.2, -0.15) is 0 Å². The molecule has 0 aliphatic rings. The molecule has 19 heavy (non-hydrogen) atoms. The smallest absolute Gasteiger partial charge is 0.225 e. The molecule has 1 atom stereocenters. The van der Waals surface area contributed by atoms with Crippen LogP contribution in [-0.4, -0.2) is 38.1 Å². The van der Waals surface area contributed by atoms with Gasteiger partial charge in [0.1, 0.15) is 5.75 Å². The van der Waals surface area contributed by atoms with Crippen molar-refractivity contribution in [2.75, 3.05) is 27.2 Å². The van der Waals surface area contributed by atoms with Crippen LogP contribution in [-0.2, 0) is 11.2 Å². The van der Waals surface area contributed by atoms with Gasteiger partial charge in [0.2, 0.25) is 5.91 Å². The van der Waals surface area contributed by atoms with E-state index in [0.29, 0.717) is 13.1 Å². The van der Waals surface area contributed by atoms with Gasteiger partial charge in [-0.05, 0) is 37.1 Å². The highest BCUT2D eigenvalue weighted by Crippen LogP contribution is 2.13. The fraction of sp³-hybridized carbons (Fsp3) is 0.533. The maximum absolute atomic E-state index is 12.0. The van der Waals surface area contributed by atoms with Crippen molar-refractivity contribution < 1.29 is 9.53 Å². The summed E-state index contributed by atoms with van der Waals surface area (Å²) in [6, 6.07) is 7.93. The molecule has 0 aliphatic heterocycles. The van der Waals surface area contributed by atoms with Crippen molar-refractivity contribution in [3.8, 4) is 5.75 Å². The highest BCUT2D eigenvalue weighted by atomic mass is 16.5. The first-order valence-corrected chi connectivity index (χ1v) is 6.66. The molecule has 1 aromatic carbocycles. The summed E-state index contributed by atoms with van der Waals surface area (Å²) in [5.41, 5.74) is 6.65. The van der Waals surface area contributed by atoms with Crippen molar-refractivity contribution in [1.29, 1.82) is 0 Å². The van der Waals surface area contributed by atoms with Crippen molar-refractivity contribution in [2.45, 2.75) is 19.8 Å². The van der Waals surface area contributed by atoms with E-state index in [2.05, 4.69) is 0 Å². The summed E-state index contributed by atoms with van der Waals surface area (Å²) in [5, 5.41) is 0. The summed E-state index contributed by atoms with van der Waals surface area (Å²) in [7, 11) is 3.50. The van der Waals surface area contributed by atoms with E-state index in [4.69, 9.17) is 10.5 Å². The second-order valence-electron chi connectivity index (χ2n) is 4.84. The predicted molar refractivity (Wildman–Crippen MR) is 77.2 cm³/mol. The molecule has 1 amide bonds. The molecule has 1 aromatic rings. The quantitative estimate of drug-likeness (QED) is 0.815. The van der Waals surface area contributed by atoms with Gasteiger partial charge in [0, 0.05) is 19.5 Å². The zero-order valence-electron chi connectivity index (χ0n) is 12.1. The largest absolute Gasteiger partial charge is 0.497 e. The molecule has 0 bridgehead atoms. The van der Waals surface area contributed by atoms with Gasteiger partial charge < -0.3 is 15.4 Å². The Hall–Kier alpha value is -1.55. The molecule has 2 N–H and O–H groups in total. The minimum absolute atomic E-state index is 0.000287. The van der Waals surface area contributed by atoms with Crippen LogP contribution in [0.25, 0.3) is 0 Å². The molecule has 4 nitrogen and oxygen atoms in total. The SMILES string of the molecule is COc1cccc(CCN(C)C(=O)C(C)CCN)c1. The Morgan fingerprint density at radius 1 is 1.47 bits per heavy atom. The van der Waals surface area contributed by atoms with Crippen molar-refractivity contribution in [2.24, 2.45) is 11.7 Å². The third-order valence-corrected chi connectivity index (χ3v) is 3.27. The van der Waals surface area contributed by atoms with Crippen LogP contribution in [0.15, 0.2) is 24.3 Å². The summed E-state index contributed by atoms with van der Waals surface area (Å²) in [6.07, 6.45) is 1.57. The summed E-state index contributed by atoms with van der Waals surface area (Å²) in [4.78, 5) is 13.8. The number of carbonyl (C=O) groups excluding carboxylic acids is 1. The standard InChI is InChI=1S/C15H24N2O2/c1-12(7-9-16)15(18)17(2)10-8-13-5-4-6-14(11-13)19-3/h4-6,11-12H,7-10,16H2,1-3H3. The number of ether oxygens (including phenoxy) is 1. The number of carbonyl (C=O) groups is 1. The van der Waals surface area contributed by atoms with Gasteiger partial charge in [-0.15, -0.1) is 0 Å². The van der Waals surface area contributed by atoms with Crippen LogP contribution < -0.4 is 10.5 Å². The molecule has 0 fully saturated rings. The number of nitrogens with two attached hydrogens (primary N) is 1. The Morgan fingerprint density at radius 2 is 2.21 bits per heavy atom. The Labute approximate surface area is 115 Å². The summed E-state index contributed by atoms with van der Waals surface area (Å²) >= 11 is 0. The zero-order chi connectivity index (χ0) is 14.3. The molecule has 4 heteroatoms. The van der Waals surface area contributed by atoms with Crippen LogP contribution in [0.5, 0.6) is 5.75 Å². The number of amides is 1. The number of benzene rings is 1. The number of likely N-dealkylation sites (N-methyl/N-ethyl adjacent to an activating group) is 1. The molecule has 0 saturated carbocycles. The average molecular weight is 264 g/mol. The normalized spacial score (nSPS) is 12.0. The fourth-order valence-electron chi connectivity index (χ4n) is 1.98. The maximum Gasteiger partial charge on any atom is 0.225 e. The highest BCUT2D eigenvalue weighted by Gasteiger charge is 2.16. The van der Waals surface area contributed by atoms with Gasteiger partial charge in [-0.25, -0.2) is 0 Å². The Balaban J connectivity index is 2.49. The summed E-state index contributed by atoms with van der Waals surface area (Å²) in [5.74, 6) is 1.01. The van der Waals surface area contributed by atoms with Crippen molar-refractivity contribution >= 4 is 5.91 Å². The van der Waals surface area contributed by atoms with Gasteiger partial charge in [0.25, 0.3) is 0 Å². The number of hydrogen-bond donors (Lipinski definition) is 1. The highest BCUT2D eigenvalue weighted by molar-refractivity contribution is 5.78. The monoisotopic (exact) mass is 264 g/mol. The molecule has 0 heterocycles. The lowest BCUT2D eigenvalue weighted by molar-refractivity contribution is -0.133. The average Bonchev–Trinajstić information content (AvgIpc) is 2.44. The minimum Gasteiger partial charge on any atom is -0.497 e. The fourth-order valence-corrected chi connectivity index (χ4v) is 1.98. The first kappa shape index (κ1) is 15.5. The van der Waals surface area contributed by atoms with Crippen LogP contribution in [0.1, 0.15) is 18.9 Å². The maximum atomic E-state index is 12.0. The Morgan fingerprint density at radius 3 is 2.84 bits per heavy atom.